The topological polar surface area (TPSA) is 90.5 Å². The first-order valence-corrected chi connectivity index (χ1v) is 19.0. The van der Waals surface area contributed by atoms with Gasteiger partial charge in [0.25, 0.3) is 5.91 Å². The molecule has 266 valence electrons. The predicted molar refractivity (Wildman–Crippen MR) is 206 cm³/mol. The van der Waals surface area contributed by atoms with Gasteiger partial charge in [-0.3, -0.25) is 29.4 Å². The highest BCUT2D eigenvalue weighted by Gasteiger charge is 2.29. The van der Waals surface area contributed by atoms with Crippen LogP contribution in [0.5, 0.6) is 0 Å². The van der Waals surface area contributed by atoms with E-state index in [2.05, 4.69) is 68.5 Å². The van der Waals surface area contributed by atoms with Crippen molar-refractivity contribution in [2.45, 2.75) is 90.1 Å². The number of aromatic nitrogens is 2. The monoisotopic (exact) mass is 684 g/mol. The molecule has 1 amide bonds. The second-order valence-corrected chi connectivity index (χ2v) is 14.9. The third-order valence-corrected chi connectivity index (χ3v) is 11.1. The van der Waals surface area contributed by atoms with E-state index in [0.717, 1.165) is 41.9 Å². The average molecular weight is 685 g/mol. The number of hydrogen-bond acceptors (Lipinski definition) is 7. The van der Waals surface area contributed by atoms with Crippen LogP contribution >= 0.6 is 0 Å². The van der Waals surface area contributed by atoms with Gasteiger partial charge in [-0.05, 0) is 172 Å². The third kappa shape index (κ3) is 8.40. The molecule has 2 aromatic carbocycles. The quantitative estimate of drug-likeness (QED) is 0.153. The highest BCUT2D eigenvalue weighted by atomic mass is 16.1. The summed E-state index contributed by atoms with van der Waals surface area (Å²) in [5.74, 6) is 1.13. The van der Waals surface area contributed by atoms with Gasteiger partial charge in [-0.2, -0.15) is 0 Å². The second kappa shape index (κ2) is 15.9. The van der Waals surface area contributed by atoms with E-state index in [9.17, 15) is 9.59 Å². The van der Waals surface area contributed by atoms with Crippen LogP contribution in [0.3, 0.4) is 0 Å². The fourth-order valence-electron chi connectivity index (χ4n) is 7.83. The Morgan fingerprint density at radius 2 is 1.25 bits per heavy atom. The van der Waals surface area contributed by atoms with Crippen molar-refractivity contribution in [1.82, 2.24) is 19.8 Å². The van der Waals surface area contributed by atoms with Crippen molar-refractivity contribution in [1.29, 1.82) is 0 Å². The summed E-state index contributed by atoms with van der Waals surface area (Å²) in [6, 6.07) is 16.4. The van der Waals surface area contributed by atoms with Gasteiger partial charge in [0, 0.05) is 43.9 Å². The molecule has 51 heavy (non-hydrogen) atoms. The molecule has 2 aliphatic heterocycles. The number of benzene rings is 2. The summed E-state index contributed by atoms with van der Waals surface area (Å²) in [7, 11) is 1.94. The van der Waals surface area contributed by atoms with E-state index in [1.165, 1.54) is 111 Å². The van der Waals surface area contributed by atoms with Gasteiger partial charge in [-0.25, -0.2) is 0 Å². The number of likely N-dealkylation sites (tertiary alicyclic amines) is 2. The summed E-state index contributed by atoms with van der Waals surface area (Å²) in [6.45, 7) is 10.9. The van der Waals surface area contributed by atoms with Crippen LogP contribution in [-0.4, -0.2) is 65.2 Å². The molecule has 0 atom stereocenters. The highest BCUT2D eigenvalue weighted by molar-refractivity contribution is 6.04. The number of pyridine rings is 2. The SMILES string of the molecule is CNc1cccc(-c2cccc(NC(=O)c3cc(C4CC4)c(CN4CCCC4)cn3)c2C)c1C.O=Cc1cc(C2CC2)c(CN2CCCC2)cn1. The smallest absolute Gasteiger partial charge is 0.274 e. The molecule has 2 aliphatic carbocycles. The molecule has 4 aliphatic rings. The van der Waals surface area contributed by atoms with Gasteiger partial charge in [-0.1, -0.05) is 24.3 Å². The second-order valence-electron chi connectivity index (χ2n) is 14.9. The lowest BCUT2D eigenvalue weighted by Gasteiger charge is -2.18. The number of rotatable bonds is 11. The number of nitrogens with one attached hydrogen (secondary N) is 2. The van der Waals surface area contributed by atoms with Crippen molar-refractivity contribution >= 4 is 23.6 Å². The van der Waals surface area contributed by atoms with E-state index in [1.807, 2.05) is 43.7 Å². The van der Waals surface area contributed by atoms with Gasteiger partial charge < -0.3 is 10.6 Å². The van der Waals surface area contributed by atoms with Crippen molar-refractivity contribution < 1.29 is 9.59 Å². The van der Waals surface area contributed by atoms with E-state index in [4.69, 9.17) is 0 Å². The van der Waals surface area contributed by atoms with Crippen molar-refractivity contribution in [3.63, 3.8) is 0 Å². The molecule has 8 rings (SSSR count). The lowest BCUT2D eigenvalue weighted by atomic mass is 9.94. The van der Waals surface area contributed by atoms with E-state index in [1.54, 1.807) is 0 Å². The minimum absolute atomic E-state index is 0.143. The van der Waals surface area contributed by atoms with Crippen LogP contribution in [0.25, 0.3) is 11.1 Å². The Morgan fingerprint density at radius 1 is 0.745 bits per heavy atom. The maximum atomic E-state index is 13.2. The van der Waals surface area contributed by atoms with Crippen molar-refractivity contribution in [3.05, 3.63) is 106 Å². The first kappa shape index (κ1) is 35.0. The molecule has 2 aromatic heterocycles. The minimum atomic E-state index is -0.143. The summed E-state index contributed by atoms with van der Waals surface area (Å²) in [5.41, 5.74) is 12.9. The molecule has 4 aromatic rings. The van der Waals surface area contributed by atoms with Crippen LogP contribution in [0.1, 0.15) is 118 Å². The number of aldehydes is 1. The van der Waals surface area contributed by atoms with Gasteiger partial charge in [0.15, 0.2) is 6.29 Å². The molecule has 0 spiro atoms. The lowest BCUT2D eigenvalue weighted by Crippen LogP contribution is -2.20. The van der Waals surface area contributed by atoms with Crippen LogP contribution < -0.4 is 10.6 Å². The number of anilines is 2. The summed E-state index contributed by atoms with van der Waals surface area (Å²) < 4.78 is 0. The van der Waals surface area contributed by atoms with Gasteiger partial charge in [0.1, 0.15) is 11.4 Å². The zero-order chi connectivity index (χ0) is 35.3. The maximum Gasteiger partial charge on any atom is 0.274 e. The molecule has 2 saturated heterocycles. The normalized spacial score (nSPS) is 17.5. The number of hydrogen-bond donors (Lipinski definition) is 2. The van der Waals surface area contributed by atoms with Crippen LogP contribution in [-0.2, 0) is 13.1 Å². The number of carbonyl (C=O) groups is 2. The molecule has 0 unspecified atom stereocenters. The predicted octanol–water partition coefficient (Wildman–Crippen LogP) is 8.50. The highest BCUT2D eigenvalue weighted by Crippen LogP contribution is 2.43. The molecule has 0 bridgehead atoms. The fraction of sp³-hybridized carbons (Fsp3) is 0.442. The zero-order valence-corrected chi connectivity index (χ0v) is 30.5. The molecule has 4 heterocycles. The summed E-state index contributed by atoms with van der Waals surface area (Å²) in [6.07, 6.45) is 14.9. The molecule has 2 saturated carbocycles. The van der Waals surface area contributed by atoms with E-state index < -0.39 is 0 Å². The molecule has 2 N–H and O–H groups in total. The van der Waals surface area contributed by atoms with Crippen LogP contribution in [0, 0.1) is 13.8 Å². The van der Waals surface area contributed by atoms with Crippen molar-refractivity contribution in [2.75, 3.05) is 43.9 Å². The zero-order valence-electron chi connectivity index (χ0n) is 30.5. The summed E-state index contributed by atoms with van der Waals surface area (Å²) >= 11 is 0. The Labute approximate surface area is 303 Å². The molecule has 8 heteroatoms. The molecule has 8 nitrogen and oxygen atoms in total. The Balaban J connectivity index is 0.000000199. The van der Waals surface area contributed by atoms with Crippen molar-refractivity contribution in [2.24, 2.45) is 0 Å². The Kier molecular flexibility index (Phi) is 10.9. The standard InChI is InChI=1S/C29H34N4O.C14H18N2O/c1-19-23(8-6-10-26(19)30-3)24-9-7-11-27(20(24)2)32-29(34)28-16-25(21-12-13-21)22(17-31-28)18-33-14-4-5-15-33;17-10-13-7-14(11-3-4-11)12(8-15-13)9-16-5-1-2-6-16/h6-11,16-17,21,30H,4-5,12-15,18H2,1-3H3,(H,32,34);7-8,10-11H,1-6,9H2. The maximum absolute atomic E-state index is 13.2. The Bertz CT molecular complexity index is 1870. The average Bonchev–Trinajstić information content (AvgIpc) is 4.07. The Hall–Kier alpha value is -4.40. The first-order chi connectivity index (χ1) is 24.9. The first-order valence-electron chi connectivity index (χ1n) is 19.0. The van der Waals surface area contributed by atoms with E-state index in [0.29, 0.717) is 23.2 Å². The molecule has 4 fully saturated rings. The summed E-state index contributed by atoms with van der Waals surface area (Å²) in [4.78, 5) is 37.8. The van der Waals surface area contributed by atoms with Gasteiger partial charge in [0.2, 0.25) is 0 Å². The van der Waals surface area contributed by atoms with E-state index >= 15 is 0 Å². The number of amides is 1. The number of carbonyl (C=O) groups excluding carboxylic acids is 2. The fourth-order valence-corrected chi connectivity index (χ4v) is 7.83. The lowest BCUT2D eigenvalue weighted by molar-refractivity contribution is 0.102. The summed E-state index contributed by atoms with van der Waals surface area (Å²) in [5, 5.41) is 6.40. The molecular weight excluding hydrogens is 633 g/mol. The van der Waals surface area contributed by atoms with Gasteiger partial charge in [-0.15, -0.1) is 0 Å². The van der Waals surface area contributed by atoms with Crippen molar-refractivity contribution in [3.8, 4) is 11.1 Å². The van der Waals surface area contributed by atoms with Crippen LogP contribution in [0.2, 0.25) is 0 Å². The Morgan fingerprint density at radius 3 is 1.78 bits per heavy atom. The van der Waals surface area contributed by atoms with E-state index in [-0.39, 0.29) is 5.91 Å². The largest absolute Gasteiger partial charge is 0.388 e. The van der Waals surface area contributed by atoms with Gasteiger partial charge in [0.05, 0.1) is 0 Å². The minimum Gasteiger partial charge on any atom is -0.388 e. The molecule has 0 radical (unpaired) electrons. The van der Waals surface area contributed by atoms with Crippen LogP contribution in [0.15, 0.2) is 60.9 Å². The van der Waals surface area contributed by atoms with Crippen LogP contribution in [0.4, 0.5) is 11.4 Å². The van der Waals surface area contributed by atoms with Gasteiger partial charge >= 0.3 is 0 Å². The number of nitrogens with zero attached hydrogens (tertiary/aromatic N) is 4. The third-order valence-electron chi connectivity index (χ3n) is 11.1. The molecular formula is C43H52N6O2.